The molecular weight excluding hydrogens is 428 g/mol. The van der Waals surface area contributed by atoms with Crippen molar-refractivity contribution in [3.63, 3.8) is 0 Å². The smallest absolute Gasteiger partial charge is 0.309 e. The van der Waals surface area contributed by atoms with Gasteiger partial charge in [0.1, 0.15) is 6.10 Å². The zero-order valence-corrected chi connectivity index (χ0v) is 21.4. The first-order chi connectivity index (χ1) is 16.4. The summed E-state index contributed by atoms with van der Waals surface area (Å²) in [5.74, 6) is 0.188. The minimum atomic E-state index is -0.444. The molecule has 2 saturated heterocycles. The van der Waals surface area contributed by atoms with Crippen molar-refractivity contribution in [2.24, 2.45) is 11.8 Å². The number of carbonyl (C=O) groups is 1. The van der Waals surface area contributed by atoms with Gasteiger partial charge in [-0.1, -0.05) is 64.0 Å². The van der Waals surface area contributed by atoms with Crippen LogP contribution in [0.5, 0.6) is 0 Å². The van der Waals surface area contributed by atoms with E-state index in [1.165, 1.54) is 19.3 Å². The van der Waals surface area contributed by atoms with Crippen LogP contribution in [0.3, 0.4) is 0 Å². The maximum atomic E-state index is 12.9. The fourth-order valence-corrected chi connectivity index (χ4v) is 5.34. The van der Waals surface area contributed by atoms with Gasteiger partial charge in [-0.2, -0.15) is 0 Å². The number of carbonyl (C=O) groups excluding carboxylic acids is 1. The number of unbranched alkanes of at least 4 members (excludes halogenated alkanes) is 2. The van der Waals surface area contributed by atoms with Crippen molar-refractivity contribution in [2.75, 3.05) is 0 Å². The van der Waals surface area contributed by atoms with Gasteiger partial charge in [0.25, 0.3) is 0 Å². The second kappa shape index (κ2) is 14.2. The Kier molecular flexibility index (Phi) is 11.4. The normalized spacial score (nSPS) is 39.2. The lowest BCUT2D eigenvalue weighted by atomic mass is 9.90. The third kappa shape index (κ3) is 9.31. The fraction of sp³-hybridized carbons (Fsp3) is 0.759. The summed E-state index contributed by atoms with van der Waals surface area (Å²) in [5, 5.41) is 10.4. The van der Waals surface area contributed by atoms with E-state index in [1.54, 1.807) is 0 Å². The summed E-state index contributed by atoms with van der Waals surface area (Å²) >= 11 is 0. The molecule has 0 saturated carbocycles. The number of rotatable bonds is 5. The molecule has 4 bridgehead atoms. The Labute approximate surface area is 206 Å². The van der Waals surface area contributed by atoms with Crippen molar-refractivity contribution in [1.82, 2.24) is 0 Å². The molecule has 1 unspecified atom stereocenters. The summed E-state index contributed by atoms with van der Waals surface area (Å²) < 4.78 is 18.6. The molecule has 1 N–H and O–H groups in total. The van der Waals surface area contributed by atoms with Crippen LogP contribution in [-0.2, 0) is 19.0 Å². The topological polar surface area (TPSA) is 65.0 Å². The molecule has 0 aliphatic carbocycles. The molecule has 3 rings (SSSR count). The average molecular weight is 475 g/mol. The van der Waals surface area contributed by atoms with E-state index in [9.17, 15) is 9.90 Å². The Morgan fingerprint density at radius 1 is 0.971 bits per heavy atom. The SMILES string of the molecule is CCCCC=C/C=C/[C@@H]1OC(=O)C[C@@H]2C[C@H](O)C[C@H](C[C@@H]3CCCC(C[C@@H](C)/C=C/[C@@H]1C)O3)O2. The highest BCUT2D eigenvalue weighted by Gasteiger charge is 2.34. The predicted octanol–water partition coefficient (Wildman–Crippen LogP) is 6.06. The molecule has 0 aromatic rings. The highest BCUT2D eigenvalue weighted by Crippen LogP contribution is 2.31. The van der Waals surface area contributed by atoms with E-state index in [-0.39, 0.29) is 48.8 Å². The van der Waals surface area contributed by atoms with Crippen LogP contribution in [0.4, 0.5) is 0 Å². The number of esters is 1. The molecule has 3 aliphatic rings. The molecule has 0 aromatic heterocycles. The van der Waals surface area contributed by atoms with Crippen molar-refractivity contribution in [1.29, 1.82) is 0 Å². The number of aliphatic hydroxyl groups is 1. The van der Waals surface area contributed by atoms with Crippen molar-refractivity contribution in [3.05, 3.63) is 36.5 Å². The molecule has 0 amide bonds. The van der Waals surface area contributed by atoms with E-state index in [4.69, 9.17) is 14.2 Å². The second-order valence-corrected chi connectivity index (χ2v) is 10.6. The molecule has 2 fully saturated rings. The summed E-state index contributed by atoms with van der Waals surface area (Å²) in [6.45, 7) is 6.52. The lowest BCUT2D eigenvalue weighted by Crippen LogP contribution is -2.40. The number of ether oxygens (including phenoxy) is 3. The van der Waals surface area contributed by atoms with Gasteiger partial charge in [0, 0.05) is 12.3 Å². The zero-order valence-electron chi connectivity index (χ0n) is 21.4. The van der Waals surface area contributed by atoms with Crippen LogP contribution in [-0.4, -0.2) is 47.7 Å². The number of hydrogen-bond acceptors (Lipinski definition) is 5. The van der Waals surface area contributed by atoms with Gasteiger partial charge < -0.3 is 19.3 Å². The van der Waals surface area contributed by atoms with E-state index >= 15 is 0 Å². The average Bonchev–Trinajstić information content (AvgIpc) is 2.78. The molecule has 0 aromatic carbocycles. The van der Waals surface area contributed by atoms with Crippen molar-refractivity contribution in [2.45, 2.75) is 128 Å². The van der Waals surface area contributed by atoms with Gasteiger partial charge in [0.05, 0.1) is 36.9 Å². The van der Waals surface area contributed by atoms with Gasteiger partial charge >= 0.3 is 5.97 Å². The predicted molar refractivity (Wildman–Crippen MR) is 135 cm³/mol. The first-order valence-corrected chi connectivity index (χ1v) is 13.6. The summed E-state index contributed by atoms with van der Waals surface area (Å²) in [6.07, 6.45) is 21.7. The van der Waals surface area contributed by atoms with E-state index in [0.717, 1.165) is 32.1 Å². The van der Waals surface area contributed by atoms with Crippen molar-refractivity contribution >= 4 is 5.97 Å². The molecule has 5 nitrogen and oxygen atoms in total. The van der Waals surface area contributed by atoms with Gasteiger partial charge in [0.15, 0.2) is 0 Å². The van der Waals surface area contributed by atoms with E-state index in [1.807, 2.05) is 18.2 Å². The van der Waals surface area contributed by atoms with Crippen molar-refractivity contribution in [3.8, 4) is 0 Å². The van der Waals surface area contributed by atoms with E-state index in [2.05, 4.69) is 39.0 Å². The molecule has 3 aliphatic heterocycles. The summed E-state index contributed by atoms with van der Waals surface area (Å²) in [7, 11) is 0. The molecular formula is C29H46O5. The van der Waals surface area contributed by atoms with Crippen LogP contribution in [0, 0.1) is 11.8 Å². The van der Waals surface area contributed by atoms with Crippen molar-refractivity contribution < 1.29 is 24.1 Å². The summed E-state index contributed by atoms with van der Waals surface area (Å²) in [6, 6.07) is 0. The summed E-state index contributed by atoms with van der Waals surface area (Å²) in [4.78, 5) is 12.9. The minimum absolute atomic E-state index is 0.0604. The molecule has 0 radical (unpaired) electrons. The van der Waals surface area contributed by atoms with Crippen LogP contribution >= 0.6 is 0 Å². The molecule has 34 heavy (non-hydrogen) atoms. The molecule has 5 heteroatoms. The summed E-state index contributed by atoms with van der Waals surface area (Å²) in [5.41, 5.74) is 0. The van der Waals surface area contributed by atoms with Gasteiger partial charge in [-0.15, -0.1) is 0 Å². The molecule has 3 heterocycles. The Morgan fingerprint density at radius 3 is 2.50 bits per heavy atom. The maximum absolute atomic E-state index is 12.9. The Balaban J connectivity index is 1.74. The fourth-order valence-electron chi connectivity index (χ4n) is 5.34. The zero-order chi connectivity index (χ0) is 24.3. The third-order valence-corrected chi connectivity index (χ3v) is 7.25. The standard InChI is InChI=1S/C29H46O5/c1-4-5-6-7-8-9-13-28-22(3)15-14-21(2)16-24-11-10-12-25(32-24)19-26-17-23(30)18-27(33-26)20-29(31)34-28/h7-9,13-15,21-28,30H,4-6,10-12,16-20H2,1-3H3/b8-7?,13-9+,15-14+/t21-,22-,23+,24?,25-,26+,27-,28-/m0/s1. The lowest BCUT2D eigenvalue weighted by molar-refractivity contribution is -0.161. The number of aliphatic hydroxyl groups excluding tert-OH is 1. The number of allylic oxidation sites excluding steroid dienone is 4. The van der Waals surface area contributed by atoms with Crippen LogP contribution in [0.25, 0.3) is 0 Å². The van der Waals surface area contributed by atoms with E-state index < -0.39 is 6.10 Å². The lowest BCUT2D eigenvalue weighted by Gasteiger charge is -2.37. The van der Waals surface area contributed by atoms with Gasteiger partial charge in [-0.25, -0.2) is 0 Å². The van der Waals surface area contributed by atoms with Crippen LogP contribution in [0.1, 0.15) is 91.4 Å². The monoisotopic (exact) mass is 474 g/mol. The quantitative estimate of drug-likeness (QED) is 0.227. The minimum Gasteiger partial charge on any atom is -0.457 e. The highest BCUT2D eigenvalue weighted by atomic mass is 16.6. The second-order valence-electron chi connectivity index (χ2n) is 10.6. The molecule has 8 atom stereocenters. The molecule has 192 valence electrons. The largest absolute Gasteiger partial charge is 0.457 e. The molecule has 0 spiro atoms. The third-order valence-electron chi connectivity index (χ3n) is 7.25. The van der Waals surface area contributed by atoms with Crippen LogP contribution in [0.15, 0.2) is 36.5 Å². The van der Waals surface area contributed by atoms with Gasteiger partial charge in [-0.05, 0) is 56.9 Å². The number of fused-ring (bicyclic) bond motifs is 4. The first-order valence-electron chi connectivity index (χ1n) is 13.6. The van der Waals surface area contributed by atoms with E-state index in [0.29, 0.717) is 18.8 Å². The van der Waals surface area contributed by atoms with Gasteiger partial charge in [0.2, 0.25) is 0 Å². The first kappa shape index (κ1) is 27.2. The van der Waals surface area contributed by atoms with Crippen LogP contribution < -0.4 is 0 Å². The van der Waals surface area contributed by atoms with Crippen LogP contribution in [0.2, 0.25) is 0 Å². The Bertz CT molecular complexity index is 699. The number of hydrogen-bond donors (Lipinski definition) is 1. The Hall–Kier alpha value is -1.43. The van der Waals surface area contributed by atoms with Gasteiger partial charge in [-0.3, -0.25) is 4.79 Å². The number of cyclic esters (lactones) is 1. The maximum Gasteiger partial charge on any atom is 0.309 e. The highest BCUT2D eigenvalue weighted by molar-refractivity contribution is 5.70. The Morgan fingerprint density at radius 2 is 1.71 bits per heavy atom.